The number of carbonyl (C=O) groups is 1. The Hall–Kier alpha value is -1.99. The van der Waals surface area contributed by atoms with E-state index in [2.05, 4.69) is 62.3 Å². The van der Waals surface area contributed by atoms with Gasteiger partial charge in [0.1, 0.15) is 5.84 Å². The molecule has 0 radical (unpaired) electrons. The Bertz CT molecular complexity index is 1120. The summed E-state index contributed by atoms with van der Waals surface area (Å²) in [6, 6.07) is 8.39. The highest BCUT2D eigenvalue weighted by Crippen LogP contribution is 2.43. The molecule has 1 atom stereocenters. The number of esters is 1. The number of likely N-dealkylation sites (N-methyl/N-ethyl adjacent to an activating group) is 1. The standard InChI is InChI=1S/C40H67N4O2S/c1-5-7-9-11-13-15-17-19-23-34(24-20-18-16-14-12-10-8-6-2)40(45)46-32-44(4)29-27-43(28-30-44)38-35-31-33(3)47-39(35)42-37-26-22-21-25-36(37)41-38/h21-22,25-26,33-34,42H,5-20,23-24,27-32H2,1-4H3/q+1. The quantitative estimate of drug-likeness (QED) is 0.0803. The van der Waals surface area contributed by atoms with Crippen molar-refractivity contribution in [2.24, 2.45) is 10.9 Å². The number of carbonyl (C=O) groups excluding carboxylic acids is 1. The van der Waals surface area contributed by atoms with Crippen LogP contribution in [0.15, 0.2) is 39.9 Å². The molecular formula is C40H67N4O2S+. The summed E-state index contributed by atoms with van der Waals surface area (Å²) >= 11 is 1.93. The van der Waals surface area contributed by atoms with Gasteiger partial charge in [-0.3, -0.25) is 9.28 Å². The van der Waals surface area contributed by atoms with Crippen LogP contribution >= 0.6 is 11.8 Å². The van der Waals surface area contributed by atoms with Gasteiger partial charge in [-0.15, -0.1) is 11.8 Å². The molecule has 1 fully saturated rings. The molecule has 47 heavy (non-hydrogen) atoms. The van der Waals surface area contributed by atoms with Gasteiger partial charge in [0.25, 0.3) is 0 Å². The van der Waals surface area contributed by atoms with E-state index in [1.165, 1.54) is 100 Å². The molecule has 1 N–H and O–H groups in total. The molecule has 1 aromatic rings. The number of nitrogens with one attached hydrogen (secondary N) is 1. The van der Waals surface area contributed by atoms with E-state index in [1.807, 2.05) is 11.8 Å². The van der Waals surface area contributed by atoms with Crippen molar-refractivity contribution in [1.82, 2.24) is 4.90 Å². The van der Waals surface area contributed by atoms with Gasteiger partial charge in [0.2, 0.25) is 6.73 Å². The second kappa shape index (κ2) is 20.5. The van der Waals surface area contributed by atoms with E-state index in [1.54, 1.807) is 0 Å². The van der Waals surface area contributed by atoms with Crippen molar-refractivity contribution >= 4 is 34.9 Å². The monoisotopic (exact) mass is 667 g/mol. The molecule has 0 amide bonds. The topological polar surface area (TPSA) is 53.9 Å². The minimum atomic E-state index is 0.0558. The summed E-state index contributed by atoms with van der Waals surface area (Å²) in [6.07, 6.45) is 23.9. The first-order chi connectivity index (χ1) is 22.9. The smallest absolute Gasteiger partial charge is 0.313 e. The number of fused-ring (bicyclic) bond motifs is 1. The van der Waals surface area contributed by atoms with Crippen LogP contribution in [0, 0.1) is 5.92 Å². The van der Waals surface area contributed by atoms with Gasteiger partial charge in [0.15, 0.2) is 0 Å². The number of aliphatic imine (C=N–C) groups is 1. The first kappa shape index (κ1) is 37.8. The summed E-state index contributed by atoms with van der Waals surface area (Å²) in [5.41, 5.74) is 3.46. The maximum atomic E-state index is 13.5. The predicted octanol–water partition coefficient (Wildman–Crippen LogP) is 10.8. The van der Waals surface area contributed by atoms with Crippen LogP contribution in [0.5, 0.6) is 0 Å². The van der Waals surface area contributed by atoms with Crippen LogP contribution in [0.3, 0.4) is 0 Å². The van der Waals surface area contributed by atoms with Crippen molar-refractivity contribution in [3.63, 3.8) is 0 Å². The van der Waals surface area contributed by atoms with E-state index in [-0.39, 0.29) is 11.9 Å². The largest absolute Gasteiger partial charge is 0.415 e. The molecule has 0 saturated carbocycles. The van der Waals surface area contributed by atoms with Crippen molar-refractivity contribution in [2.45, 2.75) is 148 Å². The molecule has 1 saturated heterocycles. The van der Waals surface area contributed by atoms with Crippen LogP contribution in [0.1, 0.15) is 143 Å². The molecule has 4 rings (SSSR count). The zero-order valence-electron chi connectivity index (χ0n) is 30.5. The van der Waals surface area contributed by atoms with E-state index in [0.29, 0.717) is 12.0 Å². The molecule has 6 nitrogen and oxygen atoms in total. The zero-order valence-corrected chi connectivity index (χ0v) is 31.3. The van der Waals surface area contributed by atoms with Crippen LogP contribution in [0.4, 0.5) is 11.4 Å². The average Bonchev–Trinajstić information content (AvgIpc) is 3.36. The van der Waals surface area contributed by atoms with Gasteiger partial charge >= 0.3 is 5.97 Å². The minimum Gasteiger partial charge on any atom is -0.415 e. The number of ether oxygens (including phenoxy) is 1. The van der Waals surface area contributed by atoms with E-state index < -0.39 is 0 Å². The number of hydrogen-bond acceptors (Lipinski definition) is 6. The summed E-state index contributed by atoms with van der Waals surface area (Å²) < 4.78 is 6.97. The van der Waals surface area contributed by atoms with Gasteiger partial charge < -0.3 is 15.0 Å². The number of amidine groups is 1. The van der Waals surface area contributed by atoms with Gasteiger partial charge in [-0.25, -0.2) is 4.99 Å². The van der Waals surface area contributed by atoms with Gasteiger partial charge in [-0.05, 0) is 31.4 Å². The summed E-state index contributed by atoms with van der Waals surface area (Å²) in [5.74, 6) is 1.25. The third-order valence-electron chi connectivity index (χ3n) is 10.5. The SMILES string of the molecule is CCCCCCCCCCC(CCCCCCCCCC)C(=O)OC[N+]1(C)CCN(C2=Nc3ccccc3NC3=C2CC(C)S3)CC1. The van der Waals surface area contributed by atoms with Gasteiger partial charge in [0, 0.05) is 10.8 Å². The van der Waals surface area contributed by atoms with Gasteiger partial charge in [0.05, 0.1) is 55.5 Å². The lowest BCUT2D eigenvalue weighted by Crippen LogP contribution is -2.59. The summed E-state index contributed by atoms with van der Waals surface area (Å²) in [4.78, 5) is 21.3. The molecule has 3 aliphatic heterocycles. The van der Waals surface area contributed by atoms with E-state index in [4.69, 9.17) is 9.73 Å². The minimum absolute atomic E-state index is 0.0558. The van der Waals surface area contributed by atoms with Crippen molar-refractivity contribution in [3.05, 3.63) is 34.9 Å². The highest BCUT2D eigenvalue weighted by atomic mass is 32.2. The molecule has 3 heterocycles. The Labute approximate surface area is 292 Å². The van der Waals surface area contributed by atoms with Crippen molar-refractivity contribution in [3.8, 4) is 0 Å². The lowest BCUT2D eigenvalue weighted by molar-refractivity contribution is -0.929. The molecule has 1 unspecified atom stereocenters. The second-order valence-corrected chi connectivity index (χ2v) is 16.3. The average molecular weight is 668 g/mol. The summed E-state index contributed by atoms with van der Waals surface area (Å²) in [6.45, 7) is 11.1. The normalized spacial score (nSPS) is 18.9. The predicted molar refractivity (Wildman–Crippen MR) is 202 cm³/mol. The first-order valence-corrected chi connectivity index (χ1v) is 20.4. The van der Waals surface area contributed by atoms with Crippen LogP contribution in [0.25, 0.3) is 0 Å². The lowest BCUT2D eigenvalue weighted by atomic mass is 9.94. The maximum Gasteiger partial charge on any atom is 0.313 e. The Balaban J connectivity index is 1.26. The van der Waals surface area contributed by atoms with Crippen LogP contribution in [-0.2, 0) is 9.53 Å². The highest BCUT2D eigenvalue weighted by molar-refractivity contribution is 8.04. The molecule has 3 aliphatic rings. The lowest BCUT2D eigenvalue weighted by Gasteiger charge is -2.42. The Morgan fingerprint density at radius 3 is 2.04 bits per heavy atom. The molecular weight excluding hydrogens is 601 g/mol. The number of benzene rings is 1. The fourth-order valence-electron chi connectivity index (χ4n) is 7.29. The number of unbranched alkanes of at least 4 members (excludes halogenated alkanes) is 14. The number of thioether (sulfide) groups is 1. The van der Waals surface area contributed by atoms with Crippen molar-refractivity contribution in [1.29, 1.82) is 0 Å². The molecule has 0 spiro atoms. The number of rotatable bonds is 21. The second-order valence-electron chi connectivity index (χ2n) is 14.9. The van der Waals surface area contributed by atoms with E-state index in [0.717, 1.165) is 80.0 Å². The molecule has 0 aromatic heterocycles. The number of quaternary nitrogens is 1. The number of nitrogens with zero attached hydrogens (tertiary/aromatic N) is 3. The Kier molecular flexibility index (Phi) is 16.5. The number of hydrogen-bond donors (Lipinski definition) is 1. The Morgan fingerprint density at radius 1 is 0.894 bits per heavy atom. The summed E-state index contributed by atoms with van der Waals surface area (Å²) in [5, 5.41) is 5.50. The molecule has 0 aliphatic carbocycles. The van der Waals surface area contributed by atoms with Crippen LogP contribution in [0.2, 0.25) is 0 Å². The van der Waals surface area contributed by atoms with Crippen LogP contribution < -0.4 is 5.32 Å². The van der Waals surface area contributed by atoms with Crippen LogP contribution in [-0.4, -0.2) is 66.4 Å². The number of anilines is 1. The first-order valence-electron chi connectivity index (χ1n) is 19.5. The summed E-state index contributed by atoms with van der Waals surface area (Å²) in [7, 11) is 2.26. The molecule has 0 bridgehead atoms. The van der Waals surface area contributed by atoms with Gasteiger partial charge in [-0.2, -0.15) is 0 Å². The number of piperazine rings is 1. The molecule has 1 aromatic carbocycles. The fraction of sp³-hybridized carbons (Fsp3) is 0.750. The third-order valence-corrected chi connectivity index (χ3v) is 11.7. The maximum absolute atomic E-state index is 13.5. The molecule has 7 heteroatoms. The van der Waals surface area contributed by atoms with Crippen molar-refractivity contribution in [2.75, 3.05) is 45.3 Å². The Morgan fingerprint density at radius 2 is 1.45 bits per heavy atom. The highest BCUT2D eigenvalue weighted by Gasteiger charge is 2.36. The number of para-hydroxylation sites is 2. The molecule has 264 valence electrons. The van der Waals surface area contributed by atoms with Gasteiger partial charge in [-0.1, -0.05) is 136 Å². The zero-order chi connectivity index (χ0) is 33.3. The van der Waals surface area contributed by atoms with E-state index in [9.17, 15) is 4.79 Å². The van der Waals surface area contributed by atoms with Crippen molar-refractivity contribution < 1.29 is 14.0 Å². The third kappa shape index (κ3) is 12.4. The van der Waals surface area contributed by atoms with E-state index >= 15 is 0 Å². The fourth-order valence-corrected chi connectivity index (χ4v) is 8.43.